The molecule has 4 rings (SSSR count). The van der Waals surface area contributed by atoms with Gasteiger partial charge in [0.2, 0.25) is 0 Å². The second-order valence-corrected chi connectivity index (χ2v) is 7.62. The van der Waals surface area contributed by atoms with Crippen molar-refractivity contribution < 1.29 is 9.66 Å². The van der Waals surface area contributed by atoms with Crippen LogP contribution in [0.5, 0.6) is 5.75 Å². The fraction of sp³-hybridized carbons (Fsp3) is 0.0870. The highest BCUT2D eigenvalue weighted by Gasteiger charge is 2.15. The Morgan fingerprint density at radius 1 is 1.00 bits per heavy atom. The predicted octanol–water partition coefficient (Wildman–Crippen LogP) is 6.10. The van der Waals surface area contributed by atoms with Crippen molar-refractivity contribution in [3.05, 3.63) is 105 Å². The first-order chi connectivity index (χ1) is 14.6. The fourth-order valence-electron chi connectivity index (χ4n) is 3.05. The zero-order chi connectivity index (χ0) is 20.9. The number of halogens is 1. The molecular weight excluding hydrogens is 446 g/mol. The van der Waals surface area contributed by atoms with E-state index in [0.29, 0.717) is 18.0 Å². The normalized spacial score (nSPS) is 10.7. The summed E-state index contributed by atoms with van der Waals surface area (Å²) in [5.41, 5.74) is 3.08. The maximum absolute atomic E-state index is 11.5. The summed E-state index contributed by atoms with van der Waals surface area (Å²) in [6, 6.07) is 24.3. The van der Waals surface area contributed by atoms with Gasteiger partial charge in [0.05, 0.1) is 22.2 Å². The van der Waals surface area contributed by atoms with Crippen LogP contribution in [0.15, 0.2) is 83.3 Å². The summed E-state index contributed by atoms with van der Waals surface area (Å²) in [5, 5.41) is 15.7. The van der Waals surface area contributed by atoms with Crippen LogP contribution in [0.25, 0.3) is 10.9 Å². The van der Waals surface area contributed by atoms with Crippen LogP contribution in [-0.2, 0) is 13.2 Å². The quantitative estimate of drug-likeness (QED) is 0.264. The van der Waals surface area contributed by atoms with Crippen LogP contribution in [0.2, 0.25) is 0 Å². The van der Waals surface area contributed by atoms with Gasteiger partial charge in [0.25, 0.3) is 5.69 Å². The van der Waals surface area contributed by atoms with E-state index in [1.54, 1.807) is 12.1 Å². The molecule has 0 bridgehead atoms. The molecule has 0 aliphatic heterocycles. The Balaban J connectivity index is 1.46. The number of hydrogen-bond donors (Lipinski definition) is 1. The second kappa shape index (κ2) is 8.92. The van der Waals surface area contributed by atoms with Gasteiger partial charge in [0, 0.05) is 16.4 Å². The van der Waals surface area contributed by atoms with Crippen molar-refractivity contribution in [1.29, 1.82) is 0 Å². The maximum Gasteiger partial charge on any atom is 0.296 e. The van der Waals surface area contributed by atoms with Crippen molar-refractivity contribution in [1.82, 2.24) is 4.98 Å². The lowest BCUT2D eigenvalue weighted by Gasteiger charge is -2.10. The van der Waals surface area contributed by atoms with Gasteiger partial charge in [-0.1, -0.05) is 52.3 Å². The third-order valence-corrected chi connectivity index (χ3v) is 5.13. The largest absolute Gasteiger partial charge is 0.487 e. The van der Waals surface area contributed by atoms with Gasteiger partial charge in [-0.2, -0.15) is 0 Å². The van der Waals surface area contributed by atoms with Crippen LogP contribution in [0.4, 0.5) is 11.4 Å². The number of ether oxygens (including phenoxy) is 1. The third-order valence-electron chi connectivity index (χ3n) is 4.60. The number of nitro benzene ring substituents is 1. The summed E-state index contributed by atoms with van der Waals surface area (Å²) in [7, 11) is 0. The van der Waals surface area contributed by atoms with E-state index in [9.17, 15) is 10.1 Å². The highest BCUT2D eigenvalue weighted by atomic mass is 79.9. The molecule has 6 nitrogen and oxygen atoms in total. The van der Waals surface area contributed by atoms with E-state index in [1.165, 1.54) is 6.07 Å². The van der Waals surface area contributed by atoms with E-state index in [2.05, 4.69) is 26.2 Å². The minimum Gasteiger partial charge on any atom is -0.487 e. The SMILES string of the molecule is O=[N+]([O-])c1cc(OCc2ccc3ccccc3n2)ccc1NCc1ccc(Br)cc1. The van der Waals surface area contributed by atoms with Crippen LogP contribution < -0.4 is 10.1 Å². The first kappa shape index (κ1) is 19.8. The number of pyridine rings is 1. The molecule has 30 heavy (non-hydrogen) atoms. The van der Waals surface area contributed by atoms with Gasteiger partial charge in [-0.15, -0.1) is 0 Å². The van der Waals surface area contributed by atoms with E-state index < -0.39 is 4.92 Å². The maximum atomic E-state index is 11.5. The third kappa shape index (κ3) is 4.75. The van der Waals surface area contributed by atoms with E-state index in [0.717, 1.165) is 26.6 Å². The molecule has 0 amide bonds. The highest BCUT2D eigenvalue weighted by molar-refractivity contribution is 9.10. The summed E-state index contributed by atoms with van der Waals surface area (Å²) in [4.78, 5) is 15.7. The molecule has 3 aromatic carbocycles. The molecule has 0 saturated heterocycles. The average molecular weight is 464 g/mol. The van der Waals surface area contributed by atoms with Crippen LogP contribution in [0.3, 0.4) is 0 Å². The number of nitro groups is 1. The Bertz CT molecular complexity index is 1200. The monoisotopic (exact) mass is 463 g/mol. The summed E-state index contributed by atoms with van der Waals surface area (Å²) in [6.45, 7) is 0.711. The summed E-state index contributed by atoms with van der Waals surface area (Å²) in [6.07, 6.45) is 0. The number of hydrogen-bond acceptors (Lipinski definition) is 5. The number of benzene rings is 3. The van der Waals surface area contributed by atoms with Gasteiger partial charge in [0.15, 0.2) is 0 Å². The number of nitrogens with one attached hydrogen (secondary N) is 1. The summed E-state index contributed by atoms with van der Waals surface area (Å²) < 4.78 is 6.75. The Morgan fingerprint density at radius 3 is 2.60 bits per heavy atom. The molecule has 0 saturated carbocycles. The molecule has 7 heteroatoms. The van der Waals surface area contributed by atoms with Crippen LogP contribution in [0, 0.1) is 10.1 Å². The molecule has 0 fully saturated rings. The number of aromatic nitrogens is 1. The zero-order valence-electron chi connectivity index (χ0n) is 15.9. The van der Waals surface area contributed by atoms with Crippen molar-refractivity contribution in [3.63, 3.8) is 0 Å². The summed E-state index contributed by atoms with van der Waals surface area (Å²) >= 11 is 3.40. The molecular formula is C23H18BrN3O3. The first-order valence-corrected chi connectivity index (χ1v) is 10.1. The molecule has 150 valence electrons. The van der Waals surface area contributed by atoms with Gasteiger partial charge < -0.3 is 10.1 Å². The Kier molecular flexibility index (Phi) is 5.90. The van der Waals surface area contributed by atoms with Crippen LogP contribution in [0.1, 0.15) is 11.3 Å². The fourth-order valence-corrected chi connectivity index (χ4v) is 3.31. The van der Waals surface area contributed by atoms with Crippen LogP contribution >= 0.6 is 15.9 Å². The lowest BCUT2D eigenvalue weighted by atomic mass is 10.2. The average Bonchev–Trinajstić information content (AvgIpc) is 2.77. The molecule has 1 aromatic heterocycles. The predicted molar refractivity (Wildman–Crippen MR) is 121 cm³/mol. The molecule has 0 aliphatic carbocycles. The van der Waals surface area contributed by atoms with Gasteiger partial charge in [-0.25, -0.2) is 4.98 Å². The number of para-hydroxylation sites is 1. The minimum atomic E-state index is -0.412. The number of rotatable bonds is 7. The molecule has 0 aliphatic rings. The number of nitrogens with zero attached hydrogens (tertiary/aromatic N) is 2. The Morgan fingerprint density at radius 2 is 1.80 bits per heavy atom. The van der Waals surface area contributed by atoms with Crippen molar-refractivity contribution >= 4 is 38.2 Å². The highest BCUT2D eigenvalue weighted by Crippen LogP contribution is 2.30. The number of anilines is 1. The molecule has 4 aromatic rings. The molecule has 0 spiro atoms. The van der Waals surface area contributed by atoms with Crippen LogP contribution in [-0.4, -0.2) is 9.91 Å². The van der Waals surface area contributed by atoms with Gasteiger partial charge in [0.1, 0.15) is 18.0 Å². The van der Waals surface area contributed by atoms with Crippen molar-refractivity contribution in [3.8, 4) is 5.75 Å². The lowest BCUT2D eigenvalue weighted by Crippen LogP contribution is -2.04. The molecule has 0 radical (unpaired) electrons. The molecule has 0 atom stereocenters. The first-order valence-electron chi connectivity index (χ1n) is 9.33. The smallest absolute Gasteiger partial charge is 0.296 e. The van der Waals surface area contributed by atoms with Gasteiger partial charge in [-0.05, 0) is 42.0 Å². The topological polar surface area (TPSA) is 77.3 Å². The van der Waals surface area contributed by atoms with Gasteiger partial charge in [-0.3, -0.25) is 10.1 Å². The number of fused-ring (bicyclic) bond motifs is 1. The van der Waals surface area contributed by atoms with Gasteiger partial charge >= 0.3 is 0 Å². The summed E-state index contributed by atoms with van der Waals surface area (Å²) in [5.74, 6) is 0.422. The molecule has 1 N–H and O–H groups in total. The molecule has 0 unspecified atom stereocenters. The Hall–Kier alpha value is -3.45. The van der Waals surface area contributed by atoms with E-state index >= 15 is 0 Å². The Labute approximate surface area is 181 Å². The molecule has 1 heterocycles. The standard InChI is InChI=1S/C23H18BrN3O3/c24-18-8-5-16(6-9-18)14-25-22-12-11-20(13-23(22)27(28)29)30-15-19-10-7-17-3-1-2-4-21(17)26-19/h1-13,25H,14-15H2. The second-order valence-electron chi connectivity index (χ2n) is 6.70. The minimum absolute atomic E-state index is 0.0314. The van der Waals surface area contributed by atoms with E-state index in [-0.39, 0.29) is 12.3 Å². The van der Waals surface area contributed by atoms with E-state index in [4.69, 9.17) is 4.74 Å². The van der Waals surface area contributed by atoms with E-state index in [1.807, 2.05) is 60.7 Å². The van der Waals surface area contributed by atoms with Crippen molar-refractivity contribution in [2.75, 3.05) is 5.32 Å². The zero-order valence-corrected chi connectivity index (χ0v) is 17.5. The van der Waals surface area contributed by atoms with Crippen molar-refractivity contribution in [2.24, 2.45) is 0 Å². The lowest BCUT2D eigenvalue weighted by molar-refractivity contribution is -0.384. The van der Waals surface area contributed by atoms with Crippen molar-refractivity contribution in [2.45, 2.75) is 13.2 Å².